The van der Waals surface area contributed by atoms with Crippen LogP contribution in [0.25, 0.3) is 21.2 Å². The molecule has 2 heterocycles. The zero-order valence-corrected chi connectivity index (χ0v) is 19.8. The zero-order valence-electron chi connectivity index (χ0n) is 19.0. The van der Waals surface area contributed by atoms with Gasteiger partial charge >= 0.3 is 0 Å². The summed E-state index contributed by atoms with van der Waals surface area (Å²) >= 11 is 1.75. The van der Waals surface area contributed by atoms with Crippen LogP contribution in [0.15, 0.2) is 72.1 Å². The maximum absolute atomic E-state index is 6.34. The average Bonchev–Trinajstić information content (AvgIpc) is 3.30. The molecule has 3 aromatic carbocycles. The summed E-state index contributed by atoms with van der Waals surface area (Å²) in [6.07, 6.45) is 3.97. The van der Waals surface area contributed by atoms with Gasteiger partial charge in [-0.3, -0.25) is 4.90 Å². The number of hydrogen-bond acceptors (Lipinski definition) is 5. The standard InChI is InChI=1S/C28H29NO3S/c1-30-23-13-14-24(26-20-33-28-8-4-3-7-25(26)28)27(19-23)32-22-11-9-21(10-12-22)31-18-17-29-15-5-2-6-16-29/h3-4,7-14,19-20H,2,5-6,15-18H2,1H3. The first-order chi connectivity index (χ1) is 16.3. The second-order valence-electron chi connectivity index (χ2n) is 8.33. The third-order valence-corrected chi connectivity index (χ3v) is 7.10. The number of thiophene rings is 1. The molecule has 0 spiro atoms. The quantitative estimate of drug-likeness (QED) is 0.278. The Morgan fingerprint density at radius 2 is 1.58 bits per heavy atom. The minimum Gasteiger partial charge on any atom is -0.497 e. The van der Waals surface area contributed by atoms with Crippen LogP contribution in [-0.4, -0.2) is 38.3 Å². The fraction of sp³-hybridized carbons (Fsp3) is 0.286. The van der Waals surface area contributed by atoms with E-state index in [9.17, 15) is 0 Å². The number of nitrogens with zero attached hydrogens (tertiary/aromatic N) is 1. The van der Waals surface area contributed by atoms with Crippen molar-refractivity contribution in [3.63, 3.8) is 0 Å². The molecule has 5 heteroatoms. The van der Waals surface area contributed by atoms with Crippen molar-refractivity contribution in [2.24, 2.45) is 0 Å². The summed E-state index contributed by atoms with van der Waals surface area (Å²) in [6.45, 7) is 4.09. The molecule has 0 saturated carbocycles. The fourth-order valence-electron chi connectivity index (χ4n) is 4.33. The van der Waals surface area contributed by atoms with Crippen molar-refractivity contribution in [1.29, 1.82) is 0 Å². The van der Waals surface area contributed by atoms with E-state index in [0.717, 1.165) is 35.1 Å². The van der Waals surface area contributed by atoms with Crippen LogP contribution in [0.1, 0.15) is 19.3 Å². The number of fused-ring (bicyclic) bond motifs is 1. The van der Waals surface area contributed by atoms with Gasteiger partial charge in [-0.05, 0) is 73.8 Å². The average molecular weight is 460 g/mol. The Balaban J connectivity index is 1.31. The Kier molecular flexibility index (Phi) is 6.79. The molecule has 1 aliphatic rings. The van der Waals surface area contributed by atoms with Crippen molar-refractivity contribution in [2.75, 3.05) is 33.4 Å². The van der Waals surface area contributed by atoms with E-state index in [-0.39, 0.29) is 0 Å². The SMILES string of the molecule is COc1ccc(-c2csc3ccccc23)c(Oc2ccc(OCCN3CCCCC3)cc2)c1. The van der Waals surface area contributed by atoms with E-state index in [0.29, 0.717) is 6.61 Å². The van der Waals surface area contributed by atoms with Crippen molar-refractivity contribution in [3.05, 3.63) is 72.1 Å². The van der Waals surface area contributed by atoms with Crippen molar-refractivity contribution >= 4 is 21.4 Å². The zero-order chi connectivity index (χ0) is 22.5. The molecule has 5 rings (SSSR count). The minimum atomic E-state index is 0.714. The van der Waals surface area contributed by atoms with Crippen LogP contribution in [0.3, 0.4) is 0 Å². The molecule has 1 aromatic heterocycles. The lowest BCUT2D eigenvalue weighted by Gasteiger charge is -2.26. The molecule has 0 atom stereocenters. The molecule has 1 fully saturated rings. The number of methoxy groups -OCH3 is 1. The second kappa shape index (κ2) is 10.3. The van der Waals surface area contributed by atoms with E-state index in [2.05, 4.69) is 40.6 Å². The molecular weight excluding hydrogens is 430 g/mol. The van der Waals surface area contributed by atoms with Gasteiger partial charge in [0, 0.05) is 33.8 Å². The number of rotatable bonds is 8. The highest BCUT2D eigenvalue weighted by Crippen LogP contribution is 2.41. The highest BCUT2D eigenvalue weighted by molar-refractivity contribution is 7.17. The summed E-state index contributed by atoms with van der Waals surface area (Å²) < 4.78 is 19.0. The number of likely N-dealkylation sites (tertiary alicyclic amines) is 1. The van der Waals surface area contributed by atoms with Crippen LogP contribution in [0.5, 0.6) is 23.0 Å². The van der Waals surface area contributed by atoms with Crippen LogP contribution in [-0.2, 0) is 0 Å². The Bertz CT molecular complexity index is 1200. The van der Waals surface area contributed by atoms with Gasteiger partial charge in [0.2, 0.25) is 0 Å². The van der Waals surface area contributed by atoms with E-state index in [1.807, 2.05) is 36.4 Å². The van der Waals surface area contributed by atoms with Gasteiger partial charge in [0.05, 0.1) is 7.11 Å². The smallest absolute Gasteiger partial charge is 0.138 e. The molecule has 0 aliphatic carbocycles. The Morgan fingerprint density at radius 3 is 2.39 bits per heavy atom. The van der Waals surface area contributed by atoms with Gasteiger partial charge in [-0.1, -0.05) is 24.6 Å². The van der Waals surface area contributed by atoms with E-state index in [1.54, 1.807) is 18.4 Å². The Hall–Kier alpha value is -3.02. The number of ether oxygens (including phenoxy) is 3. The summed E-state index contributed by atoms with van der Waals surface area (Å²) in [7, 11) is 1.68. The third-order valence-electron chi connectivity index (χ3n) is 6.14. The summed E-state index contributed by atoms with van der Waals surface area (Å²) in [4.78, 5) is 2.49. The lowest BCUT2D eigenvalue weighted by Crippen LogP contribution is -2.33. The van der Waals surface area contributed by atoms with E-state index >= 15 is 0 Å². The van der Waals surface area contributed by atoms with E-state index in [1.165, 1.54) is 48.0 Å². The predicted molar refractivity (Wildman–Crippen MR) is 136 cm³/mol. The van der Waals surface area contributed by atoms with Gasteiger partial charge in [0.1, 0.15) is 29.6 Å². The summed E-state index contributed by atoms with van der Waals surface area (Å²) in [5.74, 6) is 3.18. The molecule has 1 saturated heterocycles. The van der Waals surface area contributed by atoms with Crippen LogP contribution >= 0.6 is 11.3 Å². The van der Waals surface area contributed by atoms with Crippen LogP contribution in [0, 0.1) is 0 Å². The molecule has 0 amide bonds. The monoisotopic (exact) mass is 459 g/mol. The van der Waals surface area contributed by atoms with E-state index < -0.39 is 0 Å². The fourth-order valence-corrected chi connectivity index (χ4v) is 5.29. The Labute approximate surface area is 199 Å². The molecule has 0 N–H and O–H groups in total. The summed E-state index contributed by atoms with van der Waals surface area (Å²) in [5, 5.41) is 3.42. The van der Waals surface area contributed by atoms with Gasteiger partial charge in [-0.15, -0.1) is 11.3 Å². The second-order valence-corrected chi connectivity index (χ2v) is 9.24. The maximum atomic E-state index is 6.34. The third kappa shape index (κ3) is 5.15. The first-order valence-corrected chi connectivity index (χ1v) is 12.5. The first kappa shape index (κ1) is 21.8. The summed E-state index contributed by atoms with van der Waals surface area (Å²) in [6, 6.07) is 22.3. The molecule has 1 aliphatic heterocycles. The van der Waals surface area contributed by atoms with Gasteiger partial charge in [-0.25, -0.2) is 0 Å². The largest absolute Gasteiger partial charge is 0.497 e. The number of piperidine rings is 1. The topological polar surface area (TPSA) is 30.9 Å². The molecule has 33 heavy (non-hydrogen) atoms. The summed E-state index contributed by atoms with van der Waals surface area (Å²) in [5.41, 5.74) is 2.22. The maximum Gasteiger partial charge on any atom is 0.138 e. The van der Waals surface area contributed by atoms with Crippen molar-refractivity contribution < 1.29 is 14.2 Å². The van der Waals surface area contributed by atoms with Crippen molar-refractivity contribution in [2.45, 2.75) is 19.3 Å². The van der Waals surface area contributed by atoms with Gasteiger partial charge in [-0.2, -0.15) is 0 Å². The molecular formula is C28H29NO3S. The van der Waals surface area contributed by atoms with Crippen molar-refractivity contribution in [3.8, 4) is 34.1 Å². The molecule has 0 bridgehead atoms. The predicted octanol–water partition coefficient (Wildman–Crippen LogP) is 7.23. The number of benzene rings is 3. The van der Waals surface area contributed by atoms with Crippen LogP contribution in [0.4, 0.5) is 0 Å². The molecule has 4 aromatic rings. The molecule has 4 nitrogen and oxygen atoms in total. The van der Waals surface area contributed by atoms with Gasteiger partial charge in [0.15, 0.2) is 0 Å². The molecule has 0 unspecified atom stereocenters. The first-order valence-electron chi connectivity index (χ1n) is 11.6. The molecule has 170 valence electrons. The van der Waals surface area contributed by atoms with Crippen LogP contribution < -0.4 is 14.2 Å². The van der Waals surface area contributed by atoms with Gasteiger partial charge in [0.25, 0.3) is 0 Å². The van der Waals surface area contributed by atoms with Gasteiger partial charge < -0.3 is 14.2 Å². The highest BCUT2D eigenvalue weighted by atomic mass is 32.1. The normalized spacial score (nSPS) is 14.3. The highest BCUT2D eigenvalue weighted by Gasteiger charge is 2.14. The lowest BCUT2D eigenvalue weighted by atomic mass is 10.0. The number of hydrogen-bond donors (Lipinski definition) is 0. The lowest BCUT2D eigenvalue weighted by molar-refractivity contribution is 0.183. The Morgan fingerprint density at radius 1 is 0.818 bits per heavy atom. The van der Waals surface area contributed by atoms with Crippen molar-refractivity contribution in [1.82, 2.24) is 4.90 Å². The van der Waals surface area contributed by atoms with Crippen LogP contribution in [0.2, 0.25) is 0 Å². The van der Waals surface area contributed by atoms with E-state index in [4.69, 9.17) is 14.2 Å². The molecule has 0 radical (unpaired) electrons. The minimum absolute atomic E-state index is 0.714.